The molecule has 0 spiro atoms. The first kappa shape index (κ1) is 17.7. The number of hydrogen-bond acceptors (Lipinski definition) is 2. The van der Waals surface area contributed by atoms with E-state index in [1.807, 2.05) is 6.07 Å². The largest absolute Gasteiger partial charge is 0.481 e. The molecule has 24 heavy (non-hydrogen) atoms. The van der Waals surface area contributed by atoms with Gasteiger partial charge in [0, 0.05) is 12.1 Å². The topological polar surface area (TPSA) is 66.4 Å². The van der Waals surface area contributed by atoms with Crippen LogP contribution in [0.25, 0.3) is 0 Å². The summed E-state index contributed by atoms with van der Waals surface area (Å²) in [4.78, 5) is 23.2. The van der Waals surface area contributed by atoms with Gasteiger partial charge in [0.25, 0.3) is 0 Å². The van der Waals surface area contributed by atoms with Crippen molar-refractivity contribution in [3.05, 3.63) is 65.5 Å². The van der Waals surface area contributed by atoms with Crippen LogP contribution in [0.1, 0.15) is 31.4 Å². The van der Waals surface area contributed by atoms with Gasteiger partial charge >= 0.3 is 5.97 Å². The summed E-state index contributed by atoms with van der Waals surface area (Å²) in [6, 6.07) is 13.1. The van der Waals surface area contributed by atoms with E-state index in [4.69, 9.17) is 5.11 Å². The molecule has 0 aliphatic carbocycles. The molecule has 0 aliphatic rings. The molecule has 0 saturated carbocycles. The molecule has 2 aromatic carbocycles. The Bertz CT molecular complexity index is 756. The zero-order chi connectivity index (χ0) is 17.7. The highest BCUT2D eigenvalue weighted by Gasteiger charge is 2.30. The van der Waals surface area contributed by atoms with Crippen molar-refractivity contribution in [1.29, 1.82) is 0 Å². The quantitative estimate of drug-likeness (QED) is 0.848. The second kappa shape index (κ2) is 7.25. The van der Waals surface area contributed by atoms with Gasteiger partial charge in [0.15, 0.2) is 0 Å². The number of hydrogen-bond donors (Lipinski definition) is 2. The fourth-order valence-electron chi connectivity index (χ4n) is 2.35. The summed E-state index contributed by atoms with van der Waals surface area (Å²) in [5.74, 6) is -1.51. The van der Waals surface area contributed by atoms with Crippen LogP contribution in [0.5, 0.6) is 0 Å². The van der Waals surface area contributed by atoms with E-state index in [0.29, 0.717) is 17.7 Å². The number of halogens is 1. The van der Waals surface area contributed by atoms with Crippen molar-refractivity contribution >= 4 is 17.6 Å². The third-order valence-electron chi connectivity index (χ3n) is 3.93. The number of nitrogens with one attached hydrogen (secondary N) is 1. The number of carboxylic acids is 1. The Morgan fingerprint density at radius 1 is 1.12 bits per heavy atom. The number of aryl methyl sites for hydroxylation is 1. The average molecular weight is 329 g/mol. The van der Waals surface area contributed by atoms with Crippen LogP contribution in [-0.2, 0) is 21.4 Å². The predicted octanol–water partition coefficient (Wildman–Crippen LogP) is 3.76. The van der Waals surface area contributed by atoms with Gasteiger partial charge < -0.3 is 10.4 Å². The molecule has 126 valence electrons. The summed E-state index contributed by atoms with van der Waals surface area (Å²) in [7, 11) is 0. The van der Waals surface area contributed by atoms with E-state index in [0.717, 1.165) is 5.56 Å². The summed E-state index contributed by atoms with van der Waals surface area (Å²) >= 11 is 0. The third kappa shape index (κ3) is 4.41. The van der Waals surface area contributed by atoms with Crippen LogP contribution in [0.3, 0.4) is 0 Å². The second-order valence-electron chi connectivity index (χ2n) is 6.18. The summed E-state index contributed by atoms with van der Waals surface area (Å²) < 4.78 is 13.4. The molecule has 0 fully saturated rings. The highest BCUT2D eigenvalue weighted by atomic mass is 19.1. The van der Waals surface area contributed by atoms with Gasteiger partial charge in [-0.2, -0.15) is 0 Å². The monoisotopic (exact) mass is 329 g/mol. The van der Waals surface area contributed by atoms with E-state index in [9.17, 15) is 14.0 Å². The first-order chi connectivity index (χ1) is 11.3. The van der Waals surface area contributed by atoms with Crippen molar-refractivity contribution in [3.63, 3.8) is 0 Å². The van der Waals surface area contributed by atoms with Crippen LogP contribution in [-0.4, -0.2) is 17.0 Å². The molecule has 0 aromatic heterocycles. The number of amides is 1. The summed E-state index contributed by atoms with van der Waals surface area (Å²) in [6.07, 6.45) is 0.429. The van der Waals surface area contributed by atoms with Crippen molar-refractivity contribution < 1.29 is 19.1 Å². The van der Waals surface area contributed by atoms with Crippen LogP contribution < -0.4 is 5.32 Å². The predicted molar refractivity (Wildman–Crippen MR) is 90.5 cm³/mol. The first-order valence-electron chi connectivity index (χ1n) is 7.67. The van der Waals surface area contributed by atoms with Crippen LogP contribution >= 0.6 is 0 Å². The van der Waals surface area contributed by atoms with Gasteiger partial charge in [-0.1, -0.05) is 24.3 Å². The van der Waals surface area contributed by atoms with Gasteiger partial charge in [-0.25, -0.2) is 4.39 Å². The van der Waals surface area contributed by atoms with Gasteiger partial charge in [0.05, 0.1) is 5.41 Å². The minimum atomic E-state index is -0.904. The third-order valence-corrected chi connectivity index (χ3v) is 3.93. The van der Waals surface area contributed by atoms with E-state index >= 15 is 0 Å². The number of aliphatic carboxylic acids is 1. The van der Waals surface area contributed by atoms with Crippen molar-refractivity contribution in [2.45, 2.75) is 32.1 Å². The number of benzene rings is 2. The van der Waals surface area contributed by atoms with E-state index in [-0.39, 0.29) is 18.1 Å². The molecule has 2 N–H and O–H groups in total. The SMILES string of the molecule is CC(C)(C(=O)Nc1cccc(CCC(=O)O)c1)c1cccc(F)c1. The van der Waals surface area contributed by atoms with Gasteiger partial charge in [-0.15, -0.1) is 0 Å². The van der Waals surface area contributed by atoms with E-state index in [1.165, 1.54) is 12.1 Å². The van der Waals surface area contributed by atoms with Crippen LogP contribution in [0.2, 0.25) is 0 Å². The van der Waals surface area contributed by atoms with Crippen LogP contribution in [0.4, 0.5) is 10.1 Å². The molecule has 0 atom stereocenters. The molecule has 0 unspecified atom stereocenters. The summed E-state index contributed by atoms with van der Waals surface area (Å²) in [5, 5.41) is 11.6. The molecule has 2 aromatic rings. The second-order valence-corrected chi connectivity index (χ2v) is 6.18. The normalized spacial score (nSPS) is 11.1. The smallest absolute Gasteiger partial charge is 0.303 e. The lowest BCUT2D eigenvalue weighted by molar-refractivity contribution is -0.137. The Balaban J connectivity index is 2.13. The Morgan fingerprint density at radius 2 is 1.83 bits per heavy atom. The molecule has 0 radical (unpaired) electrons. The van der Waals surface area contributed by atoms with E-state index in [2.05, 4.69) is 5.32 Å². The van der Waals surface area contributed by atoms with Gasteiger partial charge in [-0.05, 0) is 55.7 Å². The molecular formula is C19H20FNO3. The van der Waals surface area contributed by atoms with E-state index in [1.54, 1.807) is 44.2 Å². The lowest BCUT2D eigenvalue weighted by Crippen LogP contribution is -2.34. The fraction of sp³-hybridized carbons (Fsp3) is 0.263. The zero-order valence-electron chi connectivity index (χ0n) is 13.7. The summed E-state index contributed by atoms with van der Waals surface area (Å²) in [5.41, 5.74) is 1.10. The van der Waals surface area contributed by atoms with Gasteiger partial charge in [-0.3, -0.25) is 9.59 Å². The van der Waals surface area contributed by atoms with Crippen molar-refractivity contribution in [1.82, 2.24) is 0 Å². The maximum atomic E-state index is 13.4. The van der Waals surface area contributed by atoms with Crippen molar-refractivity contribution in [2.24, 2.45) is 0 Å². The molecule has 4 nitrogen and oxygen atoms in total. The molecular weight excluding hydrogens is 309 g/mol. The molecule has 0 bridgehead atoms. The lowest BCUT2D eigenvalue weighted by Gasteiger charge is -2.24. The molecule has 2 rings (SSSR count). The molecule has 5 heteroatoms. The molecule has 0 aliphatic heterocycles. The van der Waals surface area contributed by atoms with Gasteiger partial charge in [0.1, 0.15) is 5.82 Å². The van der Waals surface area contributed by atoms with Crippen molar-refractivity contribution in [3.8, 4) is 0 Å². The molecule has 0 heterocycles. The Hall–Kier alpha value is -2.69. The minimum absolute atomic E-state index is 0.0339. The standard InChI is InChI=1S/C19H20FNO3/c1-19(2,14-6-4-7-15(20)12-14)18(24)21-16-8-3-5-13(11-16)9-10-17(22)23/h3-8,11-12H,9-10H2,1-2H3,(H,21,24)(H,22,23). The summed E-state index contributed by atoms with van der Waals surface area (Å²) in [6.45, 7) is 3.46. The van der Waals surface area contributed by atoms with Gasteiger partial charge in [0.2, 0.25) is 5.91 Å². The Kier molecular flexibility index (Phi) is 5.34. The van der Waals surface area contributed by atoms with Crippen LogP contribution in [0, 0.1) is 5.82 Å². The van der Waals surface area contributed by atoms with Crippen molar-refractivity contribution in [2.75, 3.05) is 5.32 Å². The average Bonchev–Trinajstić information content (AvgIpc) is 2.53. The highest BCUT2D eigenvalue weighted by molar-refractivity contribution is 5.98. The number of anilines is 1. The molecule has 0 saturated heterocycles. The maximum Gasteiger partial charge on any atom is 0.303 e. The maximum absolute atomic E-state index is 13.4. The zero-order valence-corrected chi connectivity index (χ0v) is 13.7. The Labute approximate surface area is 140 Å². The first-order valence-corrected chi connectivity index (χ1v) is 7.67. The van der Waals surface area contributed by atoms with E-state index < -0.39 is 11.4 Å². The number of carbonyl (C=O) groups is 2. The lowest BCUT2D eigenvalue weighted by atomic mass is 9.83. The minimum Gasteiger partial charge on any atom is -0.481 e. The Morgan fingerprint density at radius 3 is 2.50 bits per heavy atom. The highest BCUT2D eigenvalue weighted by Crippen LogP contribution is 2.26. The number of rotatable bonds is 6. The fourth-order valence-corrected chi connectivity index (χ4v) is 2.35. The molecule has 1 amide bonds. The van der Waals surface area contributed by atoms with Crippen LogP contribution in [0.15, 0.2) is 48.5 Å². The number of carbonyl (C=O) groups excluding carboxylic acids is 1. The number of carboxylic acid groups (broad SMARTS) is 1.